The topological polar surface area (TPSA) is 188 Å². The number of aliphatic hydroxyl groups is 3. The summed E-state index contributed by atoms with van der Waals surface area (Å²) in [4.78, 5) is 52.7. The number of hydrogen-bond donors (Lipinski definition) is 5. The van der Waals surface area contributed by atoms with E-state index in [0.717, 1.165) is 0 Å². The summed E-state index contributed by atoms with van der Waals surface area (Å²) in [6.07, 6.45) is 0.737. The predicted octanol–water partition coefficient (Wildman–Crippen LogP) is 2.21. The summed E-state index contributed by atoms with van der Waals surface area (Å²) >= 11 is 1.86. The van der Waals surface area contributed by atoms with E-state index in [4.69, 9.17) is 10.5 Å². The zero-order valence-corrected chi connectivity index (χ0v) is 24.4. The zero-order chi connectivity index (χ0) is 30.1. The molecule has 214 valence electrons. The van der Waals surface area contributed by atoms with Gasteiger partial charge >= 0.3 is 0 Å². The van der Waals surface area contributed by atoms with Gasteiger partial charge in [-0.15, -0.1) is 0 Å². The van der Waals surface area contributed by atoms with Gasteiger partial charge in [0.05, 0.1) is 22.3 Å². The first-order valence-corrected chi connectivity index (χ1v) is 13.7. The van der Waals surface area contributed by atoms with Crippen LogP contribution in [0.1, 0.15) is 32.7 Å². The summed E-state index contributed by atoms with van der Waals surface area (Å²) in [5.74, 6) is -6.73. The van der Waals surface area contributed by atoms with Crippen LogP contribution in [0.2, 0.25) is 0 Å². The number of halogens is 1. The van der Waals surface area contributed by atoms with E-state index in [2.05, 4.69) is 0 Å². The molecule has 0 bridgehead atoms. The van der Waals surface area contributed by atoms with Crippen LogP contribution in [0, 0.1) is 15.4 Å². The van der Waals surface area contributed by atoms with E-state index in [0.29, 0.717) is 37.9 Å². The predicted molar refractivity (Wildman–Crippen MR) is 154 cm³/mol. The molecule has 0 heterocycles. The molecule has 6 N–H and O–H groups in total. The molecule has 11 nitrogen and oxygen atoms in total. The van der Waals surface area contributed by atoms with E-state index in [1.807, 2.05) is 22.6 Å². The summed E-state index contributed by atoms with van der Waals surface area (Å²) in [7, 11) is 4.60. The van der Waals surface area contributed by atoms with E-state index in [-0.39, 0.29) is 29.7 Å². The number of aromatic hydroxyl groups is 1. The number of Topliss-reactive ketones (excluding diaryl/α,β-unsaturated/α-hetero) is 2. The van der Waals surface area contributed by atoms with Crippen molar-refractivity contribution in [3.63, 3.8) is 0 Å². The van der Waals surface area contributed by atoms with E-state index >= 15 is 0 Å². The minimum atomic E-state index is -2.72. The Morgan fingerprint density at radius 1 is 1.17 bits per heavy atom. The maximum Gasteiger partial charge on any atom is 0.255 e. The second kappa shape index (κ2) is 9.96. The number of carbonyl (C=O) groups is 4. The maximum absolute atomic E-state index is 14.1. The van der Waals surface area contributed by atoms with E-state index in [1.54, 1.807) is 38.4 Å². The number of allylic oxidation sites excluding steroid dienone is 1. The number of methoxy groups -OCH3 is 1. The van der Waals surface area contributed by atoms with E-state index in [9.17, 15) is 39.6 Å². The molecular weight excluding hydrogens is 647 g/mol. The van der Waals surface area contributed by atoms with Gasteiger partial charge < -0.3 is 30.9 Å². The largest absolute Gasteiger partial charge is 0.510 e. The number of phenolic OH excluding ortho intramolecular Hbond substituents is 1. The third kappa shape index (κ3) is 3.99. The van der Waals surface area contributed by atoms with Crippen molar-refractivity contribution in [3.05, 3.63) is 67.2 Å². The molecule has 2 aromatic rings. The fourth-order valence-electron chi connectivity index (χ4n) is 6.54. The Labute approximate surface area is 248 Å². The molecule has 41 heavy (non-hydrogen) atoms. The minimum absolute atomic E-state index is 0.0382. The lowest BCUT2D eigenvalue weighted by atomic mass is 9.58. The van der Waals surface area contributed by atoms with Crippen LogP contribution in [0.3, 0.4) is 0 Å². The van der Waals surface area contributed by atoms with Gasteiger partial charge in [-0.2, -0.15) is 0 Å². The summed E-state index contributed by atoms with van der Waals surface area (Å²) < 4.78 is 5.83. The number of phenols is 1. The van der Waals surface area contributed by atoms with Crippen LogP contribution in [-0.4, -0.2) is 81.9 Å². The lowest BCUT2D eigenvalue weighted by molar-refractivity contribution is -0.148. The van der Waals surface area contributed by atoms with Gasteiger partial charge in [-0.3, -0.25) is 24.1 Å². The Morgan fingerprint density at radius 2 is 1.85 bits per heavy atom. The molecule has 1 amide bonds. The number of fused-ring (bicyclic) bond motifs is 3. The number of ether oxygens (including phenoxy) is 1. The smallest absolute Gasteiger partial charge is 0.255 e. The molecule has 2 aromatic carbocycles. The Bertz CT molecular complexity index is 1630. The molecule has 0 radical (unpaired) electrons. The van der Waals surface area contributed by atoms with Crippen LogP contribution < -0.4 is 10.5 Å². The van der Waals surface area contributed by atoms with Crippen molar-refractivity contribution in [2.75, 3.05) is 21.2 Å². The quantitative estimate of drug-likeness (QED) is 0.179. The molecular formula is C29H27IN2O9. The van der Waals surface area contributed by atoms with Crippen molar-refractivity contribution in [3.8, 4) is 22.6 Å². The van der Waals surface area contributed by atoms with Crippen molar-refractivity contribution in [2.45, 2.75) is 24.5 Å². The van der Waals surface area contributed by atoms with Crippen molar-refractivity contribution >= 4 is 46.4 Å². The van der Waals surface area contributed by atoms with Crippen LogP contribution in [0.15, 0.2) is 46.9 Å². The average Bonchev–Trinajstić information content (AvgIpc) is 2.91. The fraction of sp³-hybridized carbons (Fsp3) is 0.310. The van der Waals surface area contributed by atoms with Gasteiger partial charge in [0.2, 0.25) is 5.78 Å². The van der Waals surface area contributed by atoms with Crippen LogP contribution in [0.5, 0.6) is 11.5 Å². The molecule has 5 rings (SSSR count). The zero-order valence-electron chi connectivity index (χ0n) is 22.3. The highest BCUT2D eigenvalue weighted by atomic mass is 127. The molecule has 0 saturated carbocycles. The second-order valence-corrected chi connectivity index (χ2v) is 11.8. The van der Waals surface area contributed by atoms with Crippen molar-refractivity contribution in [1.29, 1.82) is 0 Å². The molecule has 0 aliphatic heterocycles. The normalized spacial score (nSPS) is 25.6. The molecule has 3 aliphatic carbocycles. The lowest BCUT2D eigenvalue weighted by Gasteiger charge is -2.50. The van der Waals surface area contributed by atoms with Gasteiger partial charge in [0, 0.05) is 22.6 Å². The number of rotatable bonds is 5. The first kappa shape index (κ1) is 28.8. The van der Waals surface area contributed by atoms with E-state index < -0.39 is 58.0 Å². The number of ketones is 2. The standard InChI is InChI=1S/C29H27IN2O9/c1-32(2)22-16-8-12-7-15-13(14-6-11(10-33)4-5-18(14)41-3)9-17(30)23(34)20(15)24(35)19(12)26(37)29(16,40)27(38)21(25(22)36)28(31)39/h4-6,9-10,12,16,22,34,36-37,40H,7-8H2,1-3H3,(H2,31,39)/t12-,16+,22+,29-/m0/s1. The number of benzene rings is 2. The van der Waals surface area contributed by atoms with Gasteiger partial charge in [0.1, 0.15) is 34.9 Å². The summed E-state index contributed by atoms with van der Waals surface area (Å²) in [5, 5.41) is 45.2. The van der Waals surface area contributed by atoms with Gasteiger partial charge in [-0.05, 0) is 90.8 Å². The first-order chi connectivity index (χ1) is 19.3. The minimum Gasteiger partial charge on any atom is -0.510 e. The maximum atomic E-state index is 14.1. The molecule has 0 aromatic heterocycles. The van der Waals surface area contributed by atoms with Crippen molar-refractivity contribution in [1.82, 2.24) is 4.90 Å². The number of carbonyl (C=O) groups excluding carboxylic acids is 4. The van der Waals surface area contributed by atoms with Crippen LogP contribution in [0.25, 0.3) is 11.1 Å². The summed E-state index contributed by atoms with van der Waals surface area (Å²) in [6.45, 7) is 0. The number of nitrogens with two attached hydrogens (primary N) is 1. The highest BCUT2D eigenvalue weighted by Gasteiger charge is 2.63. The van der Waals surface area contributed by atoms with Crippen LogP contribution in [0.4, 0.5) is 0 Å². The number of aliphatic hydroxyl groups excluding tert-OH is 2. The van der Waals surface area contributed by atoms with Crippen LogP contribution in [-0.2, 0) is 16.0 Å². The number of nitrogens with zero attached hydrogens (tertiary/aromatic N) is 1. The number of primary amides is 1. The monoisotopic (exact) mass is 674 g/mol. The van der Waals surface area contributed by atoms with Crippen LogP contribution >= 0.6 is 22.6 Å². The molecule has 3 aliphatic rings. The van der Waals surface area contributed by atoms with Gasteiger partial charge in [0.25, 0.3) is 5.91 Å². The first-order valence-electron chi connectivity index (χ1n) is 12.6. The number of likely N-dealkylation sites (N-methyl/N-ethyl adjacent to an activating group) is 1. The Morgan fingerprint density at radius 3 is 2.44 bits per heavy atom. The Kier molecular flexibility index (Phi) is 6.99. The number of amides is 1. The number of aldehydes is 1. The summed E-state index contributed by atoms with van der Waals surface area (Å²) in [5.41, 5.74) is 3.26. The third-order valence-electron chi connectivity index (χ3n) is 8.33. The van der Waals surface area contributed by atoms with Crippen molar-refractivity contribution in [2.24, 2.45) is 17.6 Å². The van der Waals surface area contributed by atoms with E-state index in [1.165, 1.54) is 12.0 Å². The highest BCUT2D eigenvalue weighted by Crippen LogP contribution is 2.54. The average molecular weight is 674 g/mol. The van der Waals surface area contributed by atoms with Gasteiger partial charge in [-0.25, -0.2) is 0 Å². The Hall–Kier alpha value is -3.75. The highest BCUT2D eigenvalue weighted by molar-refractivity contribution is 14.1. The molecule has 0 saturated heterocycles. The Balaban J connectivity index is 1.77. The molecule has 0 fully saturated rings. The fourth-order valence-corrected chi connectivity index (χ4v) is 7.12. The molecule has 0 spiro atoms. The second-order valence-electron chi connectivity index (χ2n) is 10.6. The summed E-state index contributed by atoms with van der Waals surface area (Å²) in [6, 6.07) is 5.39. The van der Waals surface area contributed by atoms with Crippen molar-refractivity contribution < 1.29 is 44.3 Å². The molecule has 4 atom stereocenters. The van der Waals surface area contributed by atoms with Gasteiger partial charge in [0.15, 0.2) is 11.4 Å². The number of hydrogen-bond acceptors (Lipinski definition) is 10. The lowest BCUT2D eigenvalue weighted by Crippen LogP contribution is -2.63. The van der Waals surface area contributed by atoms with Gasteiger partial charge in [-0.1, -0.05) is 0 Å². The third-order valence-corrected chi connectivity index (χ3v) is 9.15. The SMILES string of the molecule is COc1ccc(C=O)cc1-c1cc(I)c(O)c2c1C[C@H]1C[C@@H]3[C@@H](N(C)C)C(O)=C(C(N)=O)C(=O)[C@@]3(O)C(O)=C1C2=O. The molecule has 12 heteroatoms. The molecule has 0 unspecified atom stereocenters.